The van der Waals surface area contributed by atoms with E-state index in [0.717, 1.165) is 5.56 Å². The topological polar surface area (TPSA) is 46.9 Å². The Morgan fingerprint density at radius 2 is 2.11 bits per heavy atom. The number of imidazole rings is 1. The zero-order valence-corrected chi connectivity index (χ0v) is 10.1. The van der Waals surface area contributed by atoms with Gasteiger partial charge in [-0.1, -0.05) is 12.1 Å². The molecule has 0 aliphatic heterocycles. The highest BCUT2D eigenvalue weighted by atomic mass is 19.1. The minimum atomic E-state index is -0.252. The van der Waals surface area contributed by atoms with Gasteiger partial charge < -0.3 is 9.88 Å². The van der Waals surface area contributed by atoms with Gasteiger partial charge in [0.2, 0.25) is 0 Å². The Balaban J connectivity index is 1.84. The monoisotopic (exact) mass is 247 g/mol. The molecule has 94 valence electrons. The smallest absolute Gasteiger partial charge is 0.269 e. The summed E-state index contributed by atoms with van der Waals surface area (Å²) in [6, 6.07) is 6.26. The van der Waals surface area contributed by atoms with E-state index >= 15 is 0 Å². The van der Waals surface area contributed by atoms with Gasteiger partial charge in [-0.3, -0.25) is 4.79 Å². The lowest BCUT2D eigenvalue weighted by molar-refractivity contribution is 0.0946. The average Bonchev–Trinajstić information content (AvgIpc) is 2.78. The van der Waals surface area contributed by atoms with Crippen molar-refractivity contribution in [1.29, 1.82) is 0 Å². The molecule has 18 heavy (non-hydrogen) atoms. The summed E-state index contributed by atoms with van der Waals surface area (Å²) in [6.45, 7) is 0.510. The number of carbonyl (C=O) groups is 1. The summed E-state index contributed by atoms with van der Waals surface area (Å²) < 4.78 is 14.3. The van der Waals surface area contributed by atoms with Crippen LogP contribution in [-0.2, 0) is 13.5 Å². The van der Waals surface area contributed by atoms with Crippen molar-refractivity contribution < 1.29 is 9.18 Å². The number of aromatic nitrogens is 2. The van der Waals surface area contributed by atoms with Gasteiger partial charge >= 0.3 is 0 Å². The van der Waals surface area contributed by atoms with Gasteiger partial charge in [-0.2, -0.15) is 0 Å². The second-order valence-electron chi connectivity index (χ2n) is 4.02. The van der Waals surface area contributed by atoms with Crippen LogP contribution >= 0.6 is 0 Å². The van der Waals surface area contributed by atoms with Crippen LogP contribution in [0.3, 0.4) is 0 Å². The van der Waals surface area contributed by atoms with Crippen LogP contribution in [0.2, 0.25) is 0 Å². The molecule has 0 saturated carbocycles. The summed E-state index contributed by atoms with van der Waals surface area (Å²) in [7, 11) is 1.77. The second-order valence-corrected chi connectivity index (χ2v) is 4.02. The largest absolute Gasteiger partial charge is 0.350 e. The van der Waals surface area contributed by atoms with E-state index in [0.29, 0.717) is 18.7 Å². The molecule has 1 aromatic carbocycles. The van der Waals surface area contributed by atoms with Crippen LogP contribution in [-0.4, -0.2) is 22.0 Å². The van der Waals surface area contributed by atoms with Crippen LogP contribution in [0.25, 0.3) is 0 Å². The van der Waals surface area contributed by atoms with E-state index in [9.17, 15) is 9.18 Å². The lowest BCUT2D eigenvalue weighted by Crippen LogP contribution is -2.27. The Hall–Kier alpha value is -2.17. The molecule has 0 aliphatic rings. The molecule has 2 aromatic rings. The van der Waals surface area contributed by atoms with Crippen molar-refractivity contribution in [3.63, 3.8) is 0 Å². The van der Waals surface area contributed by atoms with Gasteiger partial charge in [-0.05, 0) is 24.1 Å². The molecule has 0 bridgehead atoms. The number of carbonyl (C=O) groups excluding carboxylic acids is 1. The van der Waals surface area contributed by atoms with Crippen molar-refractivity contribution in [3.05, 3.63) is 53.9 Å². The second kappa shape index (κ2) is 5.44. The normalized spacial score (nSPS) is 10.3. The first-order valence-electron chi connectivity index (χ1n) is 5.66. The van der Waals surface area contributed by atoms with E-state index in [-0.39, 0.29) is 11.7 Å². The van der Waals surface area contributed by atoms with E-state index in [4.69, 9.17) is 0 Å². The van der Waals surface area contributed by atoms with Gasteiger partial charge in [0, 0.05) is 13.6 Å². The number of hydrogen-bond donors (Lipinski definition) is 1. The Labute approximate surface area is 104 Å². The fraction of sp³-hybridized carbons (Fsp3) is 0.231. The van der Waals surface area contributed by atoms with E-state index in [1.165, 1.54) is 18.3 Å². The molecule has 5 heteroatoms. The standard InChI is InChI=1S/C13H14FN3O/c1-17-9-15-8-12(17)13(18)16-7-6-10-2-4-11(14)5-3-10/h2-5,8-9H,6-7H2,1H3,(H,16,18). The maximum Gasteiger partial charge on any atom is 0.269 e. The third-order valence-electron chi connectivity index (χ3n) is 2.66. The van der Waals surface area contributed by atoms with Crippen LogP contribution in [0.4, 0.5) is 4.39 Å². The van der Waals surface area contributed by atoms with Gasteiger partial charge in [0.1, 0.15) is 11.5 Å². The Kier molecular flexibility index (Phi) is 3.72. The number of hydrogen-bond acceptors (Lipinski definition) is 2. The SMILES string of the molecule is Cn1cncc1C(=O)NCCc1ccc(F)cc1. The van der Waals surface area contributed by atoms with Gasteiger partial charge in [-0.25, -0.2) is 9.37 Å². The summed E-state index contributed by atoms with van der Waals surface area (Å²) in [4.78, 5) is 15.6. The molecular weight excluding hydrogens is 233 g/mol. The van der Waals surface area contributed by atoms with Crippen LogP contribution in [0.15, 0.2) is 36.8 Å². The minimum absolute atomic E-state index is 0.155. The predicted octanol–water partition coefficient (Wildman–Crippen LogP) is 1.53. The van der Waals surface area contributed by atoms with E-state index < -0.39 is 0 Å². The Morgan fingerprint density at radius 3 is 2.72 bits per heavy atom. The average molecular weight is 247 g/mol. The van der Waals surface area contributed by atoms with Crippen LogP contribution in [0, 0.1) is 5.82 Å². The van der Waals surface area contributed by atoms with E-state index in [1.807, 2.05) is 0 Å². The van der Waals surface area contributed by atoms with Crippen molar-refractivity contribution in [1.82, 2.24) is 14.9 Å². The zero-order valence-electron chi connectivity index (χ0n) is 10.1. The summed E-state index contributed by atoms with van der Waals surface area (Å²) in [5, 5.41) is 2.80. The fourth-order valence-electron chi connectivity index (χ4n) is 1.64. The predicted molar refractivity (Wildman–Crippen MR) is 65.6 cm³/mol. The Bertz CT molecular complexity index is 533. The van der Waals surface area contributed by atoms with Crippen LogP contribution in [0.1, 0.15) is 16.1 Å². The molecule has 1 amide bonds. The summed E-state index contributed by atoms with van der Waals surface area (Å²) >= 11 is 0. The maximum absolute atomic E-state index is 12.7. The van der Waals surface area contributed by atoms with E-state index in [1.54, 1.807) is 30.1 Å². The molecule has 1 N–H and O–H groups in total. The first kappa shape index (κ1) is 12.3. The van der Waals surface area contributed by atoms with Gasteiger partial charge in [-0.15, -0.1) is 0 Å². The number of benzene rings is 1. The van der Waals surface area contributed by atoms with Crippen LogP contribution in [0.5, 0.6) is 0 Å². The lowest BCUT2D eigenvalue weighted by Gasteiger charge is -2.05. The highest BCUT2D eigenvalue weighted by Gasteiger charge is 2.08. The number of rotatable bonds is 4. The summed E-state index contributed by atoms with van der Waals surface area (Å²) in [5.74, 6) is -0.408. The van der Waals surface area contributed by atoms with Crippen molar-refractivity contribution in [2.24, 2.45) is 7.05 Å². The molecule has 0 spiro atoms. The molecule has 1 heterocycles. The summed E-state index contributed by atoms with van der Waals surface area (Å²) in [6.07, 6.45) is 3.77. The molecule has 1 aromatic heterocycles. The molecule has 0 unspecified atom stereocenters. The molecule has 0 atom stereocenters. The number of amides is 1. The highest BCUT2D eigenvalue weighted by Crippen LogP contribution is 2.03. The number of nitrogens with one attached hydrogen (secondary N) is 1. The third-order valence-corrected chi connectivity index (χ3v) is 2.66. The van der Waals surface area contributed by atoms with Crippen molar-refractivity contribution in [2.45, 2.75) is 6.42 Å². The highest BCUT2D eigenvalue weighted by molar-refractivity contribution is 5.92. The quantitative estimate of drug-likeness (QED) is 0.890. The van der Waals surface area contributed by atoms with Crippen molar-refractivity contribution in [2.75, 3.05) is 6.54 Å². The lowest BCUT2D eigenvalue weighted by atomic mass is 10.1. The molecule has 0 saturated heterocycles. The molecule has 4 nitrogen and oxygen atoms in total. The van der Waals surface area contributed by atoms with E-state index in [2.05, 4.69) is 10.3 Å². The van der Waals surface area contributed by atoms with Crippen molar-refractivity contribution >= 4 is 5.91 Å². The van der Waals surface area contributed by atoms with Gasteiger partial charge in [0.15, 0.2) is 0 Å². The van der Waals surface area contributed by atoms with Gasteiger partial charge in [0.05, 0.1) is 12.5 Å². The van der Waals surface area contributed by atoms with Crippen molar-refractivity contribution in [3.8, 4) is 0 Å². The number of aryl methyl sites for hydroxylation is 1. The molecule has 0 aliphatic carbocycles. The number of halogens is 1. The fourth-order valence-corrected chi connectivity index (χ4v) is 1.64. The van der Waals surface area contributed by atoms with Gasteiger partial charge in [0.25, 0.3) is 5.91 Å². The first-order chi connectivity index (χ1) is 8.66. The molecule has 0 radical (unpaired) electrons. The van der Waals surface area contributed by atoms with Crippen LogP contribution < -0.4 is 5.32 Å². The third kappa shape index (κ3) is 2.94. The Morgan fingerprint density at radius 1 is 1.39 bits per heavy atom. The maximum atomic E-state index is 12.7. The summed E-state index contributed by atoms with van der Waals surface area (Å²) in [5.41, 5.74) is 1.51. The minimum Gasteiger partial charge on any atom is -0.350 e. The molecular formula is C13H14FN3O. The molecule has 2 rings (SSSR count). The molecule has 0 fully saturated rings. The number of nitrogens with zero attached hydrogens (tertiary/aromatic N) is 2. The zero-order chi connectivity index (χ0) is 13.0. The first-order valence-corrected chi connectivity index (χ1v) is 5.66.